The zero-order valence-corrected chi connectivity index (χ0v) is 13.2. The van der Waals surface area contributed by atoms with Crippen molar-refractivity contribution in [2.24, 2.45) is 0 Å². The van der Waals surface area contributed by atoms with Crippen molar-refractivity contribution < 1.29 is 18.7 Å². The summed E-state index contributed by atoms with van der Waals surface area (Å²) >= 11 is 0. The van der Waals surface area contributed by atoms with E-state index >= 15 is 0 Å². The van der Waals surface area contributed by atoms with E-state index in [1.54, 1.807) is 12.1 Å². The first-order valence-electron chi connectivity index (χ1n) is 7.82. The molecule has 0 atom stereocenters. The third-order valence-electron chi connectivity index (χ3n) is 3.70. The van der Waals surface area contributed by atoms with Gasteiger partial charge in [0.1, 0.15) is 0 Å². The summed E-state index contributed by atoms with van der Waals surface area (Å²) in [4.78, 5) is 14.2. The third kappa shape index (κ3) is 4.23. The van der Waals surface area contributed by atoms with Crippen molar-refractivity contribution in [2.75, 3.05) is 43.1 Å². The number of carbonyl (C=O) groups is 1. The molecule has 1 aliphatic heterocycles. The summed E-state index contributed by atoms with van der Waals surface area (Å²) < 4.78 is 24.0. The highest BCUT2D eigenvalue weighted by Gasteiger charge is 2.12. The molecular formula is C18H19FN2O3. The van der Waals surface area contributed by atoms with Crippen LogP contribution in [-0.2, 0) is 9.53 Å². The molecule has 24 heavy (non-hydrogen) atoms. The Kier molecular flexibility index (Phi) is 5.28. The van der Waals surface area contributed by atoms with Crippen molar-refractivity contribution >= 4 is 17.3 Å². The van der Waals surface area contributed by atoms with Crippen LogP contribution in [0.3, 0.4) is 0 Å². The molecular weight excluding hydrogens is 311 g/mol. The maximum atomic E-state index is 13.5. The number of carbonyl (C=O) groups excluding carboxylic acids is 1. The van der Waals surface area contributed by atoms with Crippen LogP contribution in [0.15, 0.2) is 48.5 Å². The van der Waals surface area contributed by atoms with Gasteiger partial charge >= 0.3 is 0 Å². The predicted molar refractivity (Wildman–Crippen MR) is 90.0 cm³/mol. The first kappa shape index (κ1) is 16.3. The predicted octanol–water partition coefficient (Wildman–Crippen LogP) is 2.68. The second-order valence-corrected chi connectivity index (χ2v) is 5.42. The minimum Gasteiger partial charge on any atom is -0.481 e. The van der Waals surface area contributed by atoms with Gasteiger partial charge in [-0.2, -0.15) is 0 Å². The minimum atomic E-state index is -0.486. The molecule has 1 N–H and O–H groups in total. The number of anilines is 2. The molecule has 2 aromatic carbocycles. The molecule has 1 fully saturated rings. The van der Waals surface area contributed by atoms with Crippen LogP contribution in [0.25, 0.3) is 0 Å². The summed E-state index contributed by atoms with van der Waals surface area (Å²) in [6.07, 6.45) is 0. The molecule has 2 aromatic rings. The number of amides is 1. The molecule has 0 bridgehead atoms. The van der Waals surface area contributed by atoms with Crippen LogP contribution in [0.5, 0.6) is 5.75 Å². The van der Waals surface area contributed by atoms with Crippen LogP contribution in [0, 0.1) is 5.82 Å². The zero-order valence-electron chi connectivity index (χ0n) is 13.2. The second-order valence-electron chi connectivity index (χ2n) is 5.42. The van der Waals surface area contributed by atoms with Gasteiger partial charge in [0, 0.05) is 24.5 Å². The summed E-state index contributed by atoms with van der Waals surface area (Å²) in [7, 11) is 0. The highest BCUT2D eigenvalue weighted by molar-refractivity contribution is 5.92. The van der Waals surface area contributed by atoms with Gasteiger partial charge in [0.05, 0.1) is 13.2 Å². The van der Waals surface area contributed by atoms with E-state index in [1.165, 1.54) is 12.1 Å². The lowest BCUT2D eigenvalue weighted by atomic mass is 10.2. The Morgan fingerprint density at radius 1 is 1.17 bits per heavy atom. The van der Waals surface area contributed by atoms with Crippen LogP contribution in [0.1, 0.15) is 0 Å². The lowest BCUT2D eigenvalue weighted by molar-refractivity contribution is -0.118. The zero-order chi connectivity index (χ0) is 16.8. The second kappa shape index (κ2) is 7.79. The molecule has 0 radical (unpaired) electrons. The van der Waals surface area contributed by atoms with Crippen LogP contribution in [-0.4, -0.2) is 38.8 Å². The number of para-hydroxylation sites is 1. The maximum Gasteiger partial charge on any atom is 0.262 e. The van der Waals surface area contributed by atoms with Crippen LogP contribution in [0.4, 0.5) is 15.8 Å². The van der Waals surface area contributed by atoms with Gasteiger partial charge in [-0.15, -0.1) is 0 Å². The highest BCUT2D eigenvalue weighted by atomic mass is 19.1. The van der Waals surface area contributed by atoms with Gasteiger partial charge in [-0.05, 0) is 30.3 Å². The lowest BCUT2D eigenvalue weighted by Gasteiger charge is -2.29. The average molecular weight is 330 g/mol. The SMILES string of the molecule is O=C(COc1ccccc1F)Nc1cccc(N2CCOCC2)c1. The molecule has 0 saturated carbocycles. The fourth-order valence-corrected chi connectivity index (χ4v) is 2.50. The third-order valence-corrected chi connectivity index (χ3v) is 3.70. The Hall–Kier alpha value is -2.60. The fourth-order valence-electron chi connectivity index (χ4n) is 2.50. The van der Waals surface area contributed by atoms with Crippen molar-refractivity contribution in [3.63, 3.8) is 0 Å². The number of nitrogens with one attached hydrogen (secondary N) is 1. The smallest absolute Gasteiger partial charge is 0.262 e. The molecule has 3 rings (SSSR count). The van der Waals surface area contributed by atoms with Crippen molar-refractivity contribution in [1.29, 1.82) is 0 Å². The molecule has 1 saturated heterocycles. The van der Waals surface area contributed by atoms with E-state index in [4.69, 9.17) is 9.47 Å². The molecule has 1 aliphatic rings. The molecule has 6 heteroatoms. The first-order chi connectivity index (χ1) is 11.7. The van der Waals surface area contributed by atoms with Crippen molar-refractivity contribution in [2.45, 2.75) is 0 Å². The number of nitrogens with zero attached hydrogens (tertiary/aromatic N) is 1. The van der Waals surface area contributed by atoms with E-state index in [0.717, 1.165) is 18.8 Å². The Balaban J connectivity index is 1.57. The Morgan fingerprint density at radius 3 is 2.75 bits per heavy atom. The summed E-state index contributed by atoms with van der Waals surface area (Å²) in [5, 5.41) is 2.77. The summed E-state index contributed by atoms with van der Waals surface area (Å²) in [5.74, 6) is -0.758. The largest absolute Gasteiger partial charge is 0.481 e. The summed E-state index contributed by atoms with van der Waals surface area (Å²) in [6.45, 7) is 2.81. The molecule has 1 heterocycles. The van der Waals surface area contributed by atoms with Gasteiger partial charge in [0.15, 0.2) is 18.2 Å². The maximum absolute atomic E-state index is 13.5. The summed E-state index contributed by atoms with van der Waals surface area (Å²) in [5.41, 5.74) is 1.72. The molecule has 1 amide bonds. The van der Waals surface area contributed by atoms with Crippen LogP contribution >= 0.6 is 0 Å². The minimum absolute atomic E-state index is 0.0646. The quantitative estimate of drug-likeness (QED) is 0.916. The number of ether oxygens (including phenoxy) is 2. The first-order valence-corrected chi connectivity index (χ1v) is 7.82. The number of morpholine rings is 1. The summed E-state index contributed by atoms with van der Waals surface area (Å²) in [6, 6.07) is 13.6. The van der Waals surface area contributed by atoms with Gasteiger partial charge in [-0.1, -0.05) is 18.2 Å². The molecule has 0 aromatic heterocycles. The van der Waals surface area contributed by atoms with Crippen molar-refractivity contribution in [3.8, 4) is 5.75 Å². The Bertz CT molecular complexity index is 702. The number of hydrogen-bond acceptors (Lipinski definition) is 4. The molecule has 126 valence electrons. The standard InChI is InChI=1S/C18H19FN2O3/c19-16-6-1-2-7-17(16)24-13-18(22)20-14-4-3-5-15(12-14)21-8-10-23-11-9-21/h1-7,12H,8-11,13H2,(H,20,22). The molecule has 0 unspecified atom stereocenters. The molecule has 0 spiro atoms. The van der Waals surface area contributed by atoms with E-state index < -0.39 is 5.82 Å². The van der Waals surface area contributed by atoms with Crippen LogP contribution in [0.2, 0.25) is 0 Å². The number of hydrogen-bond donors (Lipinski definition) is 1. The number of benzene rings is 2. The van der Waals surface area contributed by atoms with Gasteiger partial charge < -0.3 is 19.7 Å². The normalized spacial score (nSPS) is 14.3. The van der Waals surface area contributed by atoms with Gasteiger partial charge in [-0.25, -0.2) is 4.39 Å². The number of halogens is 1. The fraction of sp³-hybridized carbons (Fsp3) is 0.278. The van der Waals surface area contributed by atoms with Crippen LogP contribution < -0.4 is 15.0 Å². The topological polar surface area (TPSA) is 50.8 Å². The van der Waals surface area contributed by atoms with E-state index in [0.29, 0.717) is 18.9 Å². The van der Waals surface area contributed by atoms with Crippen molar-refractivity contribution in [3.05, 3.63) is 54.3 Å². The Labute approximate surface area is 140 Å². The van der Waals surface area contributed by atoms with E-state index in [1.807, 2.05) is 24.3 Å². The van der Waals surface area contributed by atoms with Gasteiger partial charge in [-0.3, -0.25) is 4.79 Å². The van der Waals surface area contributed by atoms with Gasteiger partial charge in [0.25, 0.3) is 5.91 Å². The van der Waals surface area contributed by atoms with E-state index in [2.05, 4.69) is 10.2 Å². The molecule has 0 aliphatic carbocycles. The number of rotatable bonds is 5. The van der Waals surface area contributed by atoms with Gasteiger partial charge in [0.2, 0.25) is 0 Å². The van der Waals surface area contributed by atoms with E-state index in [-0.39, 0.29) is 18.3 Å². The monoisotopic (exact) mass is 330 g/mol. The Morgan fingerprint density at radius 2 is 1.96 bits per heavy atom. The van der Waals surface area contributed by atoms with E-state index in [9.17, 15) is 9.18 Å². The lowest BCUT2D eigenvalue weighted by Crippen LogP contribution is -2.36. The highest BCUT2D eigenvalue weighted by Crippen LogP contribution is 2.20. The van der Waals surface area contributed by atoms with Crippen molar-refractivity contribution in [1.82, 2.24) is 0 Å². The molecule has 5 nitrogen and oxygen atoms in total. The average Bonchev–Trinajstić information content (AvgIpc) is 2.62.